The minimum atomic E-state index is -0.0622. The van der Waals surface area contributed by atoms with Gasteiger partial charge in [-0.2, -0.15) is 5.10 Å². The smallest absolute Gasteiger partial charge is 0.246 e. The van der Waals surface area contributed by atoms with Gasteiger partial charge in [-0.15, -0.1) is 0 Å². The second-order valence-corrected chi connectivity index (χ2v) is 5.46. The lowest BCUT2D eigenvalue weighted by Gasteiger charge is -2.07. The third kappa shape index (κ3) is 3.70. The van der Waals surface area contributed by atoms with Crippen LogP contribution >= 0.6 is 15.9 Å². The van der Waals surface area contributed by atoms with Crippen molar-refractivity contribution in [3.05, 3.63) is 46.2 Å². The molecule has 0 atom stereocenters. The number of anilines is 1. The molecule has 0 aliphatic carbocycles. The van der Waals surface area contributed by atoms with Crippen LogP contribution in [0.3, 0.4) is 0 Å². The first-order valence-electron chi connectivity index (χ1n) is 6.73. The number of hydrogen-bond acceptors (Lipinski definition) is 2. The fraction of sp³-hybridized carbons (Fsp3) is 0.333. The standard InChI is InChI=1S/C15H18BrN3O/c1-3-12-9-14(4-2)19(18-12)10-15(20)17-13-7-5-11(16)6-8-13/h5-9H,3-4,10H2,1-2H3,(H,17,20). The summed E-state index contributed by atoms with van der Waals surface area (Å²) in [6.07, 6.45) is 1.76. The Labute approximate surface area is 127 Å². The van der Waals surface area contributed by atoms with Crippen molar-refractivity contribution in [2.24, 2.45) is 0 Å². The summed E-state index contributed by atoms with van der Waals surface area (Å²) in [7, 11) is 0. The molecule has 4 nitrogen and oxygen atoms in total. The van der Waals surface area contributed by atoms with Crippen LogP contribution in [-0.2, 0) is 24.2 Å². The van der Waals surface area contributed by atoms with Gasteiger partial charge in [-0.1, -0.05) is 29.8 Å². The van der Waals surface area contributed by atoms with Crippen molar-refractivity contribution in [1.29, 1.82) is 0 Å². The van der Waals surface area contributed by atoms with Gasteiger partial charge in [0.2, 0.25) is 5.91 Å². The molecule has 1 aromatic heterocycles. The molecule has 1 aromatic carbocycles. The Hall–Kier alpha value is -1.62. The lowest BCUT2D eigenvalue weighted by atomic mass is 10.2. The van der Waals surface area contributed by atoms with Crippen LogP contribution in [0.15, 0.2) is 34.8 Å². The predicted octanol–water partition coefficient (Wildman–Crippen LogP) is 3.41. The molecular weight excluding hydrogens is 318 g/mol. The molecule has 0 saturated heterocycles. The summed E-state index contributed by atoms with van der Waals surface area (Å²) in [5.74, 6) is -0.0622. The van der Waals surface area contributed by atoms with E-state index in [0.717, 1.165) is 34.4 Å². The zero-order valence-corrected chi connectivity index (χ0v) is 13.3. The van der Waals surface area contributed by atoms with Gasteiger partial charge in [-0.05, 0) is 43.2 Å². The Bertz CT molecular complexity index is 590. The van der Waals surface area contributed by atoms with Crippen molar-refractivity contribution in [3.63, 3.8) is 0 Å². The Kier molecular flexibility index (Phi) is 4.95. The van der Waals surface area contributed by atoms with Gasteiger partial charge in [0.1, 0.15) is 6.54 Å². The maximum Gasteiger partial charge on any atom is 0.246 e. The molecule has 1 N–H and O–H groups in total. The van der Waals surface area contributed by atoms with Crippen LogP contribution in [0.1, 0.15) is 25.2 Å². The van der Waals surface area contributed by atoms with Crippen LogP contribution in [0.4, 0.5) is 5.69 Å². The summed E-state index contributed by atoms with van der Waals surface area (Å²) in [5, 5.41) is 7.32. The minimum absolute atomic E-state index is 0.0622. The molecule has 1 amide bonds. The summed E-state index contributed by atoms with van der Waals surface area (Å²) in [4.78, 5) is 12.0. The highest BCUT2D eigenvalue weighted by atomic mass is 79.9. The van der Waals surface area contributed by atoms with Crippen molar-refractivity contribution < 1.29 is 4.79 Å². The van der Waals surface area contributed by atoms with E-state index in [9.17, 15) is 4.79 Å². The molecule has 0 aliphatic heterocycles. The average molecular weight is 336 g/mol. The number of aryl methyl sites for hydroxylation is 2. The second-order valence-electron chi connectivity index (χ2n) is 4.55. The van der Waals surface area contributed by atoms with Gasteiger partial charge in [-0.3, -0.25) is 9.48 Å². The number of rotatable bonds is 5. The van der Waals surface area contributed by atoms with Crippen LogP contribution in [-0.4, -0.2) is 15.7 Å². The van der Waals surface area contributed by atoms with E-state index in [0.29, 0.717) is 0 Å². The highest BCUT2D eigenvalue weighted by Gasteiger charge is 2.09. The average Bonchev–Trinajstić information content (AvgIpc) is 2.83. The van der Waals surface area contributed by atoms with E-state index in [2.05, 4.69) is 46.3 Å². The van der Waals surface area contributed by atoms with Gasteiger partial charge in [0.25, 0.3) is 0 Å². The molecule has 0 spiro atoms. The van der Waals surface area contributed by atoms with E-state index in [1.165, 1.54) is 0 Å². The second kappa shape index (κ2) is 6.70. The van der Waals surface area contributed by atoms with Crippen LogP contribution in [0.5, 0.6) is 0 Å². The molecule has 106 valence electrons. The molecule has 2 rings (SSSR count). The van der Waals surface area contributed by atoms with Gasteiger partial charge >= 0.3 is 0 Å². The summed E-state index contributed by atoms with van der Waals surface area (Å²) < 4.78 is 2.77. The Morgan fingerprint density at radius 3 is 2.55 bits per heavy atom. The van der Waals surface area contributed by atoms with Gasteiger partial charge in [0.15, 0.2) is 0 Å². The van der Waals surface area contributed by atoms with Crippen LogP contribution in [0.2, 0.25) is 0 Å². The summed E-state index contributed by atoms with van der Waals surface area (Å²) >= 11 is 3.37. The first kappa shape index (κ1) is 14.8. The Morgan fingerprint density at radius 2 is 1.95 bits per heavy atom. The third-order valence-electron chi connectivity index (χ3n) is 3.06. The molecule has 20 heavy (non-hydrogen) atoms. The summed E-state index contributed by atoms with van der Waals surface area (Å²) in [6, 6.07) is 9.59. The zero-order valence-electron chi connectivity index (χ0n) is 11.7. The van der Waals surface area contributed by atoms with E-state index >= 15 is 0 Å². The summed E-state index contributed by atoms with van der Waals surface area (Å²) in [6.45, 7) is 4.38. The Morgan fingerprint density at radius 1 is 1.25 bits per heavy atom. The molecule has 0 fully saturated rings. The number of amides is 1. The van der Waals surface area contributed by atoms with Crippen LogP contribution in [0, 0.1) is 0 Å². The molecule has 0 radical (unpaired) electrons. The number of hydrogen-bond donors (Lipinski definition) is 1. The largest absolute Gasteiger partial charge is 0.324 e. The number of carbonyl (C=O) groups excluding carboxylic acids is 1. The van der Waals surface area contributed by atoms with Gasteiger partial charge in [-0.25, -0.2) is 0 Å². The number of aromatic nitrogens is 2. The number of halogens is 1. The van der Waals surface area contributed by atoms with Crippen LogP contribution in [0.25, 0.3) is 0 Å². The molecule has 5 heteroatoms. The molecule has 2 aromatic rings. The van der Waals surface area contributed by atoms with Gasteiger partial charge in [0.05, 0.1) is 5.69 Å². The monoisotopic (exact) mass is 335 g/mol. The zero-order chi connectivity index (χ0) is 14.5. The maximum atomic E-state index is 12.0. The van der Waals surface area contributed by atoms with Gasteiger partial charge < -0.3 is 5.32 Å². The topological polar surface area (TPSA) is 46.9 Å². The molecular formula is C15H18BrN3O. The molecule has 0 aliphatic rings. The third-order valence-corrected chi connectivity index (χ3v) is 3.59. The lowest BCUT2D eigenvalue weighted by Crippen LogP contribution is -2.20. The SMILES string of the molecule is CCc1cc(CC)n(CC(=O)Nc2ccc(Br)cc2)n1. The van der Waals surface area contributed by atoms with E-state index in [1.54, 1.807) is 4.68 Å². The predicted molar refractivity (Wildman–Crippen MR) is 83.8 cm³/mol. The molecule has 1 heterocycles. The molecule has 0 unspecified atom stereocenters. The fourth-order valence-corrected chi connectivity index (χ4v) is 2.24. The number of benzene rings is 1. The molecule has 0 bridgehead atoms. The highest BCUT2D eigenvalue weighted by Crippen LogP contribution is 2.14. The lowest BCUT2D eigenvalue weighted by molar-refractivity contribution is -0.116. The first-order valence-corrected chi connectivity index (χ1v) is 7.52. The summed E-state index contributed by atoms with van der Waals surface area (Å²) in [5.41, 5.74) is 2.91. The van der Waals surface area contributed by atoms with Crippen molar-refractivity contribution >= 4 is 27.5 Å². The first-order chi connectivity index (χ1) is 9.62. The van der Waals surface area contributed by atoms with Gasteiger partial charge in [0, 0.05) is 15.9 Å². The van der Waals surface area contributed by atoms with E-state index in [1.807, 2.05) is 24.3 Å². The van der Waals surface area contributed by atoms with Crippen molar-refractivity contribution in [3.8, 4) is 0 Å². The Balaban J connectivity index is 2.04. The van der Waals surface area contributed by atoms with E-state index in [4.69, 9.17) is 0 Å². The quantitative estimate of drug-likeness (QED) is 0.910. The van der Waals surface area contributed by atoms with Crippen molar-refractivity contribution in [2.75, 3.05) is 5.32 Å². The number of nitrogens with one attached hydrogen (secondary N) is 1. The van der Waals surface area contributed by atoms with E-state index < -0.39 is 0 Å². The minimum Gasteiger partial charge on any atom is -0.324 e. The number of nitrogens with zero attached hydrogens (tertiary/aromatic N) is 2. The van der Waals surface area contributed by atoms with Crippen LogP contribution < -0.4 is 5.32 Å². The molecule has 0 saturated carbocycles. The normalized spacial score (nSPS) is 10.6. The highest BCUT2D eigenvalue weighted by molar-refractivity contribution is 9.10. The number of carbonyl (C=O) groups is 1. The fourth-order valence-electron chi connectivity index (χ4n) is 1.98. The van der Waals surface area contributed by atoms with Crippen molar-refractivity contribution in [2.45, 2.75) is 33.2 Å². The van der Waals surface area contributed by atoms with Crippen molar-refractivity contribution in [1.82, 2.24) is 9.78 Å². The van der Waals surface area contributed by atoms with E-state index in [-0.39, 0.29) is 12.5 Å². The maximum absolute atomic E-state index is 12.0.